The van der Waals surface area contributed by atoms with Crippen LogP contribution in [0.1, 0.15) is 36.6 Å². The highest BCUT2D eigenvalue weighted by Gasteiger charge is 2.20. The van der Waals surface area contributed by atoms with Gasteiger partial charge in [-0.2, -0.15) is 24.8 Å². The number of nitrogens with one attached hydrogen (secondary N) is 2. The average Bonchev–Trinajstić information content (AvgIpc) is 4.05. The lowest BCUT2D eigenvalue weighted by molar-refractivity contribution is 0.0600. The number of phenolic OH excluding ortho intramolecular Hbond substituents is 2. The van der Waals surface area contributed by atoms with Crippen molar-refractivity contribution in [2.24, 2.45) is 0 Å². The Morgan fingerprint density at radius 3 is 1.46 bits per heavy atom. The minimum atomic E-state index is -3.38. The second-order valence-corrected chi connectivity index (χ2v) is 18.1. The first-order valence-electron chi connectivity index (χ1n) is 22.7. The van der Waals surface area contributed by atoms with E-state index in [1.165, 1.54) is 53.4 Å². The molecule has 0 radical (unpaired) electrons. The number of nitrogen functional groups attached to an aromatic ring is 4. The molecule has 0 saturated carbocycles. The molecular weight excluding hydrogens is 1020 g/mol. The lowest BCUT2D eigenvalue weighted by atomic mass is 10.0. The van der Waals surface area contributed by atoms with Gasteiger partial charge in [0.25, 0.3) is 23.7 Å². The van der Waals surface area contributed by atoms with Gasteiger partial charge in [-0.1, -0.05) is 48.5 Å². The lowest BCUT2D eigenvalue weighted by Gasteiger charge is -2.11. The summed E-state index contributed by atoms with van der Waals surface area (Å²) in [7, 11) is -0.515. The lowest BCUT2D eigenvalue weighted by Crippen LogP contribution is -2.13. The molecule has 4 aromatic heterocycles. The van der Waals surface area contributed by atoms with Crippen LogP contribution in [0.5, 0.6) is 17.2 Å². The molecule has 10 aromatic rings. The number of ether oxygens (including phenoxy) is 2. The third-order valence-corrected chi connectivity index (χ3v) is 12.2. The molecule has 0 aliphatic carbocycles. The Morgan fingerprint density at radius 2 is 1.05 bits per heavy atom. The standard InChI is InChI=1S/C19H16N2O4.C18H16N2O3.C8H6N6.C8H9N5O2S/c1-25-19(24)11-6-8-13(9-7-11)21-18(23)15-10-12-4-2-3-5-14(12)16(20)17(15)22;1-23-13-8-6-12(7-9-13)20-18(22)15-10-11-4-2-3-5-14(11)16(19)17(15)21;9-4-6-5-13-14(7(6)10)8-11-2-1-3-12-8;1-16(14,15)6-5-12-13(7(6)9)8-10-3-2-4-11-8/h2-10,22H,20H2,1H3,(H,21,23);2-10,21H,19H2,1H3,(H,20,22);1-3,5H,10H2;2-5H,9H2,1H3. The number of methoxy groups -OCH3 is 2. The molecule has 0 saturated heterocycles. The highest BCUT2D eigenvalue weighted by atomic mass is 32.2. The fraction of sp³-hybridized carbons (Fsp3) is 0.0566. The molecule has 4 heterocycles. The van der Waals surface area contributed by atoms with Gasteiger partial charge in [0.1, 0.15) is 33.9 Å². The van der Waals surface area contributed by atoms with Crippen molar-refractivity contribution in [1.82, 2.24) is 39.5 Å². The zero-order valence-corrected chi connectivity index (χ0v) is 42.3. The molecule has 78 heavy (non-hydrogen) atoms. The molecule has 0 unspecified atom stereocenters. The number of aromatic hydroxyl groups is 2. The quantitative estimate of drug-likeness (QED) is 0.0445. The minimum Gasteiger partial charge on any atom is -0.505 e. The summed E-state index contributed by atoms with van der Waals surface area (Å²) in [6.45, 7) is 0. The van der Waals surface area contributed by atoms with Gasteiger partial charge in [-0.25, -0.2) is 33.1 Å². The van der Waals surface area contributed by atoms with Crippen LogP contribution in [-0.4, -0.2) is 96.4 Å². The van der Waals surface area contributed by atoms with Crippen LogP contribution in [0, 0.1) is 11.3 Å². The van der Waals surface area contributed by atoms with Crippen LogP contribution in [0.2, 0.25) is 0 Å². The first-order valence-corrected chi connectivity index (χ1v) is 24.6. The maximum absolute atomic E-state index is 12.5. The molecule has 2 amide bonds. The molecular formula is C53H47N15O9S. The van der Waals surface area contributed by atoms with Crippen molar-refractivity contribution in [2.75, 3.05) is 54.0 Å². The third kappa shape index (κ3) is 12.6. The van der Waals surface area contributed by atoms with Gasteiger partial charge in [-0.15, -0.1) is 0 Å². The maximum atomic E-state index is 12.5. The predicted octanol–water partition coefficient (Wildman–Crippen LogP) is 6.32. The SMILES string of the molecule is COC(=O)c1ccc(NC(=O)c2cc3ccccc3c(N)c2O)cc1.COc1ccc(NC(=O)c2cc3ccccc3c(N)c2O)cc1.CS(=O)(=O)c1cnn(-c2ncccn2)c1N.N#Cc1cnn(-c2ncccn2)c1N. The maximum Gasteiger partial charge on any atom is 0.337 e. The molecule has 6 aromatic carbocycles. The van der Waals surface area contributed by atoms with E-state index < -0.39 is 27.6 Å². The first kappa shape index (κ1) is 54.6. The Bertz CT molecular complexity index is 3950. The number of aromatic nitrogens is 8. The monoisotopic (exact) mass is 1070 g/mol. The normalized spacial score (nSPS) is 10.5. The number of phenols is 2. The van der Waals surface area contributed by atoms with E-state index in [1.807, 2.05) is 36.4 Å². The Labute approximate surface area is 444 Å². The number of nitrogens with two attached hydrogens (primary N) is 4. The van der Waals surface area contributed by atoms with Gasteiger partial charge < -0.3 is 53.3 Å². The summed E-state index contributed by atoms with van der Waals surface area (Å²) in [5.41, 5.74) is 25.5. The van der Waals surface area contributed by atoms with E-state index in [4.69, 9.17) is 32.9 Å². The molecule has 24 nitrogen and oxygen atoms in total. The Kier molecular flexibility index (Phi) is 17.0. The van der Waals surface area contributed by atoms with Gasteiger partial charge in [0.05, 0.1) is 54.7 Å². The van der Waals surface area contributed by atoms with Crippen molar-refractivity contribution >= 4 is 83.6 Å². The minimum absolute atomic E-state index is 0.00806. The van der Waals surface area contributed by atoms with Crippen molar-refractivity contribution in [3.05, 3.63) is 181 Å². The van der Waals surface area contributed by atoms with E-state index in [1.54, 1.807) is 98.4 Å². The Morgan fingerprint density at radius 1 is 0.615 bits per heavy atom. The zero-order valence-electron chi connectivity index (χ0n) is 41.5. The van der Waals surface area contributed by atoms with Gasteiger partial charge in [0.2, 0.25) is 0 Å². The van der Waals surface area contributed by atoms with Crippen molar-refractivity contribution in [2.45, 2.75) is 4.90 Å². The number of nitrogens with zero attached hydrogens (tertiary/aromatic N) is 9. The van der Waals surface area contributed by atoms with Crippen LogP contribution < -0.4 is 38.3 Å². The summed E-state index contributed by atoms with van der Waals surface area (Å²) < 4.78 is 34.8. The van der Waals surface area contributed by atoms with E-state index in [0.717, 1.165) is 17.0 Å². The summed E-state index contributed by atoms with van der Waals surface area (Å²) in [6, 6.07) is 36.1. The summed E-state index contributed by atoms with van der Waals surface area (Å²) in [5.74, 6) is -0.324. The number of anilines is 6. The number of fused-ring (bicyclic) bond motifs is 2. The second-order valence-electron chi connectivity index (χ2n) is 16.2. The first-order chi connectivity index (χ1) is 37.4. The van der Waals surface area contributed by atoms with Gasteiger partial charge in [0, 0.05) is 53.2 Å². The Balaban J connectivity index is 0.000000155. The molecule has 0 fully saturated rings. The number of esters is 1. The fourth-order valence-corrected chi connectivity index (χ4v) is 7.85. The van der Waals surface area contributed by atoms with E-state index >= 15 is 0 Å². The summed E-state index contributed by atoms with van der Waals surface area (Å²) in [4.78, 5) is 52.1. The van der Waals surface area contributed by atoms with Crippen molar-refractivity contribution in [3.8, 4) is 35.2 Å². The molecule has 0 atom stereocenters. The van der Waals surface area contributed by atoms with Gasteiger partial charge in [0.15, 0.2) is 21.3 Å². The number of nitriles is 1. The van der Waals surface area contributed by atoms with Gasteiger partial charge in [-0.05, 0) is 83.6 Å². The van der Waals surface area contributed by atoms with Crippen LogP contribution in [0.3, 0.4) is 0 Å². The number of benzene rings is 6. The van der Waals surface area contributed by atoms with Crippen molar-refractivity contribution < 1.29 is 42.5 Å². The summed E-state index contributed by atoms with van der Waals surface area (Å²) in [5, 5.41) is 45.2. The highest BCUT2D eigenvalue weighted by molar-refractivity contribution is 7.90. The number of sulfone groups is 1. The second kappa shape index (κ2) is 24.3. The highest BCUT2D eigenvalue weighted by Crippen LogP contribution is 2.35. The largest absolute Gasteiger partial charge is 0.505 e. The van der Waals surface area contributed by atoms with Crippen LogP contribution in [0.25, 0.3) is 33.4 Å². The smallest absolute Gasteiger partial charge is 0.337 e. The topological polar surface area (TPSA) is 383 Å². The van der Waals surface area contributed by atoms with Crippen LogP contribution in [-0.2, 0) is 14.6 Å². The molecule has 0 aliphatic heterocycles. The predicted molar refractivity (Wildman–Crippen MR) is 292 cm³/mol. The molecule has 0 spiro atoms. The van der Waals surface area contributed by atoms with Crippen LogP contribution in [0.4, 0.5) is 34.4 Å². The number of rotatable bonds is 9. The van der Waals surface area contributed by atoms with Crippen molar-refractivity contribution in [1.29, 1.82) is 5.26 Å². The number of amides is 2. The number of hydrogen-bond acceptors (Lipinski definition) is 20. The molecule has 394 valence electrons. The third-order valence-electron chi connectivity index (χ3n) is 11.1. The van der Waals surface area contributed by atoms with E-state index in [0.29, 0.717) is 45.0 Å². The fourth-order valence-electron chi connectivity index (χ4n) is 7.15. The van der Waals surface area contributed by atoms with E-state index in [2.05, 4.69) is 45.5 Å². The van der Waals surface area contributed by atoms with E-state index in [-0.39, 0.29) is 56.5 Å². The average molecular weight is 1070 g/mol. The van der Waals surface area contributed by atoms with Crippen LogP contribution in [0.15, 0.2) is 163 Å². The molecule has 10 rings (SSSR count). The van der Waals surface area contributed by atoms with Gasteiger partial charge >= 0.3 is 5.97 Å². The zero-order chi connectivity index (χ0) is 56.1. The van der Waals surface area contributed by atoms with Crippen LogP contribution >= 0.6 is 0 Å². The summed E-state index contributed by atoms with van der Waals surface area (Å²) >= 11 is 0. The Hall–Kier alpha value is -11.1. The molecule has 25 heteroatoms. The number of hydrogen-bond donors (Lipinski definition) is 8. The number of carbonyl (C=O) groups excluding carboxylic acids is 3. The number of carbonyl (C=O) groups is 3. The van der Waals surface area contributed by atoms with Gasteiger partial charge in [-0.3, -0.25) is 9.59 Å². The molecule has 0 aliphatic rings. The molecule has 12 N–H and O–H groups in total. The molecule has 0 bridgehead atoms. The van der Waals surface area contributed by atoms with E-state index in [9.17, 15) is 33.0 Å². The van der Waals surface area contributed by atoms with Crippen molar-refractivity contribution in [3.63, 3.8) is 0 Å². The summed E-state index contributed by atoms with van der Waals surface area (Å²) in [6.07, 6.45) is 9.82.